The zero-order valence-electron chi connectivity index (χ0n) is 10.1. The van der Waals surface area contributed by atoms with Crippen molar-refractivity contribution >= 4 is 40.8 Å². The minimum absolute atomic E-state index is 0.0384. The number of methoxy groups -OCH3 is 1. The fourth-order valence-electron chi connectivity index (χ4n) is 1.60. The fraction of sp³-hybridized carbons (Fsp3) is 0.0769. The molecule has 0 spiro atoms. The molecule has 104 valence electrons. The Morgan fingerprint density at radius 2 is 1.75 bits per heavy atom. The summed E-state index contributed by atoms with van der Waals surface area (Å²) >= 11 is 17.7. The van der Waals surface area contributed by atoms with Crippen LogP contribution in [0.2, 0.25) is 15.1 Å². The molecule has 0 N–H and O–H groups in total. The first-order chi connectivity index (χ1) is 9.43. The van der Waals surface area contributed by atoms with Gasteiger partial charge in [-0.2, -0.15) is 4.39 Å². The summed E-state index contributed by atoms with van der Waals surface area (Å²) in [7, 11) is 1.22. The van der Waals surface area contributed by atoms with E-state index in [2.05, 4.69) is 9.72 Å². The van der Waals surface area contributed by atoms with E-state index in [0.717, 1.165) is 6.20 Å². The minimum Gasteiger partial charge on any atom is -0.465 e. The van der Waals surface area contributed by atoms with E-state index in [9.17, 15) is 9.18 Å². The fourth-order valence-corrected chi connectivity index (χ4v) is 2.24. The molecule has 1 aromatic carbocycles. The number of aromatic nitrogens is 1. The van der Waals surface area contributed by atoms with Gasteiger partial charge >= 0.3 is 5.97 Å². The van der Waals surface area contributed by atoms with Crippen molar-refractivity contribution in [2.24, 2.45) is 0 Å². The lowest BCUT2D eigenvalue weighted by atomic mass is 10.1. The van der Waals surface area contributed by atoms with Crippen molar-refractivity contribution in [1.82, 2.24) is 4.98 Å². The van der Waals surface area contributed by atoms with Gasteiger partial charge in [0.2, 0.25) is 5.95 Å². The topological polar surface area (TPSA) is 39.2 Å². The van der Waals surface area contributed by atoms with Crippen LogP contribution in [0.5, 0.6) is 0 Å². The SMILES string of the molecule is COC(=O)c1cnc(F)c(-c2cc(Cl)c(Cl)cc2Cl)c1. The summed E-state index contributed by atoms with van der Waals surface area (Å²) in [4.78, 5) is 15.0. The van der Waals surface area contributed by atoms with Crippen LogP contribution in [0.1, 0.15) is 10.4 Å². The van der Waals surface area contributed by atoms with Crippen LogP contribution in [0.15, 0.2) is 24.4 Å². The number of ether oxygens (including phenoxy) is 1. The van der Waals surface area contributed by atoms with Gasteiger partial charge in [0.1, 0.15) is 0 Å². The predicted molar refractivity (Wildman–Crippen MR) is 76.0 cm³/mol. The summed E-state index contributed by atoms with van der Waals surface area (Å²) in [5, 5.41) is 0.661. The molecule has 0 aliphatic carbocycles. The van der Waals surface area contributed by atoms with E-state index in [-0.39, 0.29) is 31.8 Å². The molecule has 0 saturated heterocycles. The largest absolute Gasteiger partial charge is 0.465 e. The van der Waals surface area contributed by atoms with Gasteiger partial charge in [0.15, 0.2) is 0 Å². The third-order valence-electron chi connectivity index (χ3n) is 2.56. The predicted octanol–water partition coefficient (Wildman–Crippen LogP) is 4.63. The molecule has 0 amide bonds. The van der Waals surface area contributed by atoms with Crippen LogP contribution in [-0.2, 0) is 4.74 Å². The molecule has 2 aromatic rings. The average Bonchev–Trinajstić information content (AvgIpc) is 2.43. The summed E-state index contributed by atoms with van der Waals surface area (Å²) in [6.07, 6.45) is 1.08. The molecule has 7 heteroatoms. The van der Waals surface area contributed by atoms with Crippen molar-refractivity contribution in [3.8, 4) is 11.1 Å². The maximum atomic E-state index is 13.8. The molecule has 1 heterocycles. The molecule has 1 aromatic heterocycles. The Bertz CT molecular complexity index is 692. The van der Waals surface area contributed by atoms with E-state index in [1.54, 1.807) is 0 Å². The standard InChI is InChI=1S/C13H7Cl3FNO2/c1-20-13(19)6-2-8(12(17)18-5-6)7-3-10(15)11(16)4-9(7)14/h2-5H,1H3. The van der Waals surface area contributed by atoms with Crippen LogP contribution >= 0.6 is 34.8 Å². The van der Waals surface area contributed by atoms with Crippen molar-refractivity contribution in [3.05, 3.63) is 51.0 Å². The Hall–Kier alpha value is -1.36. The van der Waals surface area contributed by atoms with Gasteiger partial charge in [-0.1, -0.05) is 34.8 Å². The van der Waals surface area contributed by atoms with Gasteiger partial charge in [-0.05, 0) is 18.2 Å². The smallest absolute Gasteiger partial charge is 0.339 e. The molecular weight excluding hydrogens is 328 g/mol. The van der Waals surface area contributed by atoms with Crippen LogP contribution in [-0.4, -0.2) is 18.1 Å². The summed E-state index contributed by atoms with van der Waals surface area (Å²) in [6, 6.07) is 4.10. The number of esters is 1. The zero-order chi connectivity index (χ0) is 14.9. The van der Waals surface area contributed by atoms with Gasteiger partial charge in [0.25, 0.3) is 0 Å². The highest BCUT2D eigenvalue weighted by atomic mass is 35.5. The second-order valence-electron chi connectivity index (χ2n) is 3.80. The van der Waals surface area contributed by atoms with Crippen LogP contribution in [0, 0.1) is 5.95 Å². The lowest BCUT2D eigenvalue weighted by molar-refractivity contribution is 0.0600. The molecule has 0 unspecified atom stereocenters. The molecule has 3 nitrogen and oxygen atoms in total. The van der Waals surface area contributed by atoms with Crippen LogP contribution < -0.4 is 0 Å². The van der Waals surface area contributed by atoms with E-state index in [1.807, 2.05) is 0 Å². The van der Waals surface area contributed by atoms with E-state index in [4.69, 9.17) is 34.8 Å². The number of hydrogen-bond acceptors (Lipinski definition) is 3. The van der Waals surface area contributed by atoms with E-state index >= 15 is 0 Å². The van der Waals surface area contributed by atoms with Gasteiger partial charge < -0.3 is 4.74 Å². The Labute approximate surface area is 129 Å². The Kier molecular flexibility index (Phi) is 4.48. The van der Waals surface area contributed by atoms with Crippen LogP contribution in [0.25, 0.3) is 11.1 Å². The molecule has 0 atom stereocenters. The van der Waals surface area contributed by atoms with Crippen molar-refractivity contribution in [2.45, 2.75) is 0 Å². The van der Waals surface area contributed by atoms with Crippen molar-refractivity contribution in [2.75, 3.05) is 7.11 Å². The second-order valence-corrected chi connectivity index (χ2v) is 5.02. The monoisotopic (exact) mass is 333 g/mol. The summed E-state index contributed by atoms with van der Waals surface area (Å²) in [6.45, 7) is 0. The maximum Gasteiger partial charge on any atom is 0.339 e. The summed E-state index contributed by atoms with van der Waals surface area (Å²) in [5.74, 6) is -1.41. The summed E-state index contributed by atoms with van der Waals surface area (Å²) < 4.78 is 18.4. The van der Waals surface area contributed by atoms with Crippen molar-refractivity contribution in [1.29, 1.82) is 0 Å². The molecular formula is C13H7Cl3FNO2. The average molecular weight is 335 g/mol. The molecule has 20 heavy (non-hydrogen) atoms. The number of hydrogen-bond donors (Lipinski definition) is 0. The second kappa shape index (κ2) is 5.95. The maximum absolute atomic E-state index is 13.8. The molecule has 0 fully saturated rings. The number of benzene rings is 1. The normalized spacial score (nSPS) is 10.4. The molecule has 0 radical (unpaired) electrons. The van der Waals surface area contributed by atoms with Gasteiger partial charge in [0.05, 0.1) is 27.7 Å². The number of carbonyl (C=O) groups excluding carboxylic acids is 1. The molecule has 0 aliphatic heterocycles. The third-order valence-corrected chi connectivity index (χ3v) is 3.60. The third kappa shape index (κ3) is 2.87. The first-order valence-electron chi connectivity index (χ1n) is 5.32. The minimum atomic E-state index is -0.780. The van der Waals surface area contributed by atoms with E-state index < -0.39 is 11.9 Å². The van der Waals surface area contributed by atoms with E-state index in [1.165, 1.54) is 25.3 Å². The highest BCUT2D eigenvalue weighted by molar-refractivity contribution is 6.44. The number of carbonyl (C=O) groups is 1. The van der Waals surface area contributed by atoms with Crippen molar-refractivity contribution < 1.29 is 13.9 Å². The van der Waals surface area contributed by atoms with Gasteiger partial charge in [-0.3, -0.25) is 0 Å². The Balaban J connectivity index is 2.63. The summed E-state index contributed by atoms with van der Waals surface area (Å²) in [5.41, 5.74) is 0.430. The lowest BCUT2D eigenvalue weighted by Crippen LogP contribution is -2.03. The van der Waals surface area contributed by atoms with Gasteiger partial charge in [0, 0.05) is 17.3 Å². The number of pyridine rings is 1. The van der Waals surface area contributed by atoms with Gasteiger partial charge in [-0.15, -0.1) is 0 Å². The molecule has 0 aliphatic rings. The van der Waals surface area contributed by atoms with Crippen molar-refractivity contribution in [3.63, 3.8) is 0 Å². The number of nitrogens with zero attached hydrogens (tertiary/aromatic N) is 1. The first kappa shape index (κ1) is 15.0. The van der Waals surface area contributed by atoms with Gasteiger partial charge in [-0.25, -0.2) is 9.78 Å². The molecule has 0 bridgehead atoms. The lowest BCUT2D eigenvalue weighted by Gasteiger charge is -2.08. The van der Waals surface area contributed by atoms with E-state index in [0.29, 0.717) is 0 Å². The molecule has 0 saturated carbocycles. The zero-order valence-corrected chi connectivity index (χ0v) is 12.4. The number of halogens is 4. The highest BCUT2D eigenvalue weighted by Gasteiger charge is 2.16. The number of rotatable bonds is 2. The Morgan fingerprint density at radius 1 is 1.10 bits per heavy atom. The van der Waals surface area contributed by atoms with Crippen LogP contribution in [0.4, 0.5) is 4.39 Å². The van der Waals surface area contributed by atoms with Crippen LogP contribution in [0.3, 0.4) is 0 Å². The first-order valence-corrected chi connectivity index (χ1v) is 6.46. The Morgan fingerprint density at radius 3 is 2.40 bits per heavy atom. The highest BCUT2D eigenvalue weighted by Crippen LogP contribution is 2.36. The molecule has 2 rings (SSSR count). The quantitative estimate of drug-likeness (QED) is 0.456.